The number of hydrazone groups is 1. The third kappa shape index (κ3) is 3.99. The average Bonchev–Trinajstić information content (AvgIpc) is 3.40. The van der Waals surface area contributed by atoms with E-state index in [9.17, 15) is 18.0 Å². The van der Waals surface area contributed by atoms with E-state index < -0.39 is 29.8 Å². The summed E-state index contributed by atoms with van der Waals surface area (Å²) >= 11 is 0. The van der Waals surface area contributed by atoms with E-state index in [0.29, 0.717) is 11.4 Å². The lowest BCUT2D eigenvalue weighted by atomic mass is 9.93. The standard InChI is InChI=1S/C21H26F3N3O3/c1-13-16(11-18(28)29-2)27(26-19(13)21(22,23)24)14-3-5-15(6-4-14)30-17-7-10-25-12-20(17)8-9-20/h3-6,13,16-17,25H,7-12H2,1-2H3/t13-,16-,17?/m0/s1. The first-order valence-corrected chi connectivity index (χ1v) is 10.2. The van der Waals surface area contributed by atoms with Gasteiger partial charge in [0.15, 0.2) is 0 Å². The monoisotopic (exact) mass is 425 g/mol. The molecule has 0 radical (unpaired) electrons. The molecule has 0 amide bonds. The maximum atomic E-state index is 13.4. The molecule has 1 aromatic carbocycles. The molecule has 6 nitrogen and oxygen atoms in total. The number of nitrogens with zero attached hydrogens (tertiary/aromatic N) is 2. The van der Waals surface area contributed by atoms with Gasteiger partial charge in [-0.15, -0.1) is 0 Å². The number of carbonyl (C=O) groups excluding carboxylic acids is 1. The molecule has 1 unspecified atom stereocenters. The molecular weight excluding hydrogens is 399 g/mol. The average molecular weight is 425 g/mol. The molecule has 1 saturated heterocycles. The van der Waals surface area contributed by atoms with Crippen LogP contribution in [0.15, 0.2) is 29.4 Å². The van der Waals surface area contributed by atoms with E-state index in [1.807, 2.05) is 0 Å². The molecular formula is C21H26F3N3O3. The number of halogens is 3. The third-order valence-corrected chi connectivity index (χ3v) is 6.45. The number of ether oxygens (including phenoxy) is 2. The molecule has 9 heteroatoms. The van der Waals surface area contributed by atoms with Gasteiger partial charge in [-0.05, 0) is 50.1 Å². The Hall–Kier alpha value is -2.29. The Bertz CT molecular complexity index is 821. The number of nitrogens with one attached hydrogen (secondary N) is 1. The zero-order valence-electron chi connectivity index (χ0n) is 17.0. The summed E-state index contributed by atoms with van der Waals surface area (Å²) in [5.41, 5.74) is -0.186. The Morgan fingerprint density at radius 1 is 1.30 bits per heavy atom. The molecule has 3 atom stereocenters. The van der Waals surface area contributed by atoms with Gasteiger partial charge >= 0.3 is 12.1 Å². The highest BCUT2D eigenvalue weighted by Gasteiger charge is 2.52. The first-order valence-electron chi connectivity index (χ1n) is 10.2. The van der Waals surface area contributed by atoms with Crippen LogP contribution in [0, 0.1) is 11.3 Å². The SMILES string of the molecule is COC(=O)C[C@H]1[C@H](C)C(C(F)(F)F)=NN1c1ccc(OC2CCNCC23CC3)cc1. The highest BCUT2D eigenvalue weighted by atomic mass is 19.4. The second-order valence-electron chi connectivity index (χ2n) is 8.39. The first kappa shape index (κ1) is 21.0. The second kappa shape index (κ2) is 7.76. The third-order valence-electron chi connectivity index (χ3n) is 6.45. The fourth-order valence-electron chi connectivity index (χ4n) is 4.43. The van der Waals surface area contributed by atoms with Gasteiger partial charge in [-0.2, -0.15) is 18.3 Å². The fourth-order valence-corrected chi connectivity index (χ4v) is 4.43. The maximum Gasteiger partial charge on any atom is 0.431 e. The number of alkyl halides is 3. The van der Waals surface area contributed by atoms with Crippen LogP contribution in [0.2, 0.25) is 0 Å². The van der Waals surface area contributed by atoms with Gasteiger partial charge in [-0.1, -0.05) is 6.92 Å². The Morgan fingerprint density at radius 3 is 2.60 bits per heavy atom. The molecule has 2 fully saturated rings. The number of esters is 1. The number of hydrogen-bond acceptors (Lipinski definition) is 6. The topological polar surface area (TPSA) is 63.2 Å². The summed E-state index contributed by atoms with van der Waals surface area (Å²) in [7, 11) is 1.22. The molecule has 4 rings (SSSR count). The van der Waals surface area contributed by atoms with Crippen LogP contribution >= 0.6 is 0 Å². The van der Waals surface area contributed by atoms with Crippen molar-refractivity contribution in [2.75, 3.05) is 25.2 Å². The predicted molar refractivity (Wildman–Crippen MR) is 106 cm³/mol. The van der Waals surface area contributed by atoms with Crippen molar-refractivity contribution in [3.63, 3.8) is 0 Å². The van der Waals surface area contributed by atoms with E-state index in [1.54, 1.807) is 24.3 Å². The normalized spacial score (nSPS) is 27.7. The zero-order chi connectivity index (χ0) is 21.5. The van der Waals surface area contributed by atoms with Gasteiger partial charge in [-0.3, -0.25) is 9.80 Å². The number of carbonyl (C=O) groups is 1. The lowest BCUT2D eigenvalue weighted by molar-refractivity contribution is -0.141. The molecule has 3 aliphatic rings. The summed E-state index contributed by atoms with van der Waals surface area (Å²) in [5.74, 6) is -0.839. The summed E-state index contributed by atoms with van der Waals surface area (Å²) in [6, 6.07) is 6.13. The quantitative estimate of drug-likeness (QED) is 0.732. The van der Waals surface area contributed by atoms with E-state index in [4.69, 9.17) is 4.74 Å². The largest absolute Gasteiger partial charge is 0.490 e. The highest BCUT2D eigenvalue weighted by molar-refractivity contribution is 5.96. The van der Waals surface area contributed by atoms with Crippen LogP contribution in [0.25, 0.3) is 0 Å². The van der Waals surface area contributed by atoms with Crippen molar-refractivity contribution in [2.24, 2.45) is 16.4 Å². The van der Waals surface area contributed by atoms with Gasteiger partial charge in [0.05, 0.1) is 25.3 Å². The van der Waals surface area contributed by atoms with Crippen molar-refractivity contribution in [3.05, 3.63) is 24.3 Å². The van der Waals surface area contributed by atoms with Crippen molar-refractivity contribution in [3.8, 4) is 5.75 Å². The van der Waals surface area contributed by atoms with E-state index in [0.717, 1.165) is 32.4 Å². The number of benzene rings is 1. The molecule has 30 heavy (non-hydrogen) atoms. The van der Waals surface area contributed by atoms with Gasteiger partial charge in [0.1, 0.15) is 17.6 Å². The molecule has 164 valence electrons. The number of rotatable bonds is 5. The van der Waals surface area contributed by atoms with Gasteiger partial charge in [0.2, 0.25) is 0 Å². The van der Waals surface area contributed by atoms with Gasteiger partial charge in [0, 0.05) is 17.9 Å². The van der Waals surface area contributed by atoms with Crippen molar-refractivity contribution >= 4 is 17.4 Å². The van der Waals surface area contributed by atoms with E-state index in [-0.39, 0.29) is 17.9 Å². The Morgan fingerprint density at radius 2 is 2.00 bits per heavy atom. The molecule has 1 N–H and O–H groups in total. The molecule has 2 aliphatic heterocycles. The van der Waals surface area contributed by atoms with Gasteiger partial charge in [-0.25, -0.2) is 0 Å². The van der Waals surface area contributed by atoms with Crippen LogP contribution in [-0.2, 0) is 9.53 Å². The van der Waals surface area contributed by atoms with Crippen molar-refractivity contribution < 1.29 is 27.4 Å². The lowest BCUT2D eigenvalue weighted by Gasteiger charge is -2.33. The molecule has 0 bridgehead atoms. The minimum absolute atomic E-state index is 0.151. The van der Waals surface area contributed by atoms with E-state index >= 15 is 0 Å². The zero-order valence-corrected chi connectivity index (χ0v) is 17.0. The van der Waals surface area contributed by atoms with Crippen molar-refractivity contribution in [2.45, 2.75) is 50.9 Å². The first-order chi connectivity index (χ1) is 14.2. The molecule has 0 aromatic heterocycles. The number of piperidine rings is 1. The summed E-state index contributed by atoms with van der Waals surface area (Å²) in [5, 5.41) is 8.52. The molecule has 1 spiro atoms. The van der Waals surface area contributed by atoms with Crippen LogP contribution in [0.3, 0.4) is 0 Å². The van der Waals surface area contributed by atoms with Crippen LogP contribution in [-0.4, -0.2) is 50.2 Å². The Kier molecular flexibility index (Phi) is 5.42. The predicted octanol–water partition coefficient (Wildman–Crippen LogP) is 3.51. The van der Waals surface area contributed by atoms with Crippen LogP contribution in [0.5, 0.6) is 5.75 Å². The maximum absolute atomic E-state index is 13.4. The molecule has 1 saturated carbocycles. The van der Waals surface area contributed by atoms with Gasteiger partial charge in [0.25, 0.3) is 0 Å². The number of methoxy groups -OCH3 is 1. The minimum atomic E-state index is -4.56. The minimum Gasteiger partial charge on any atom is -0.490 e. The number of anilines is 1. The Balaban J connectivity index is 1.53. The summed E-state index contributed by atoms with van der Waals surface area (Å²) in [4.78, 5) is 11.8. The van der Waals surface area contributed by atoms with Gasteiger partial charge < -0.3 is 14.8 Å². The summed E-state index contributed by atoms with van der Waals surface area (Å²) < 4.78 is 51.1. The number of hydrogen-bond donors (Lipinski definition) is 1. The summed E-state index contributed by atoms with van der Waals surface area (Å²) in [6.07, 6.45) is -1.35. The fraction of sp³-hybridized carbons (Fsp3) is 0.619. The van der Waals surface area contributed by atoms with E-state index in [1.165, 1.54) is 19.0 Å². The van der Waals surface area contributed by atoms with Crippen LogP contribution < -0.4 is 15.1 Å². The molecule has 1 aliphatic carbocycles. The van der Waals surface area contributed by atoms with Crippen LogP contribution in [0.4, 0.5) is 18.9 Å². The summed E-state index contributed by atoms with van der Waals surface area (Å²) in [6.45, 7) is 3.31. The molecule has 2 heterocycles. The second-order valence-corrected chi connectivity index (χ2v) is 8.39. The van der Waals surface area contributed by atoms with Crippen molar-refractivity contribution in [1.82, 2.24) is 5.32 Å². The van der Waals surface area contributed by atoms with Crippen LogP contribution in [0.1, 0.15) is 32.6 Å². The Labute approximate surface area is 173 Å². The smallest absolute Gasteiger partial charge is 0.431 e. The lowest BCUT2D eigenvalue weighted by Crippen LogP contribution is -2.44. The highest BCUT2D eigenvalue weighted by Crippen LogP contribution is 2.51. The van der Waals surface area contributed by atoms with E-state index in [2.05, 4.69) is 15.2 Å². The molecule has 1 aromatic rings. The van der Waals surface area contributed by atoms with Crippen molar-refractivity contribution in [1.29, 1.82) is 0 Å².